The molecule has 3 N–H and O–H groups in total. The molecule has 0 atom stereocenters. The van der Waals surface area contributed by atoms with Crippen LogP contribution in [0.2, 0.25) is 10.0 Å². The lowest BCUT2D eigenvalue weighted by Gasteiger charge is -2.06. The molecule has 0 aromatic heterocycles. The maximum atomic E-state index is 13.5. The van der Waals surface area contributed by atoms with Gasteiger partial charge in [0.15, 0.2) is 0 Å². The fourth-order valence-corrected chi connectivity index (χ4v) is 2.21. The van der Waals surface area contributed by atoms with E-state index in [9.17, 15) is 9.18 Å². The smallest absolute Gasteiger partial charge is 0.271 e. The molecule has 114 valence electrons. The normalized spacial score (nSPS) is 11.4. The van der Waals surface area contributed by atoms with Crippen LogP contribution in [0.5, 0.6) is 0 Å². The molecule has 7 heteroatoms. The highest BCUT2D eigenvalue weighted by atomic mass is 35.5. The average Bonchev–Trinajstić information content (AvgIpc) is 2.49. The highest BCUT2D eigenvalue weighted by Gasteiger charge is 2.10. The lowest BCUT2D eigenvalue weighted by molar-refractivity contribution is 0.0955. The van der Waals surface area contributed by atoms with Crippen LogP contribution in [0.15, 0.2) is 41.5 Å². The van der Waals surface area contributed by atoms with Crippen molar-refractivity contribution < 1.29 is 9.18 Å². The predicted octanol–water partition coefficient (Wildman–Crippen LogP) is 3.87. The van der Waals surface area contributed by atoms with Crippen molar-refractivity contribution in [1.82, 2.24) is 5.43 Å². The molecule has 2 aromatic rings. The number of nitrogens with one attached hydrogen (secondary N) is 1. The van der Waals surface area contributed by atoms with Crippen LogP contribution in [0.4, 0.5) is 10.1 Å². The number of benzene rings is 2. The van der Waals surface area contributed by atoms with E-state index in [1.54, 1.807) is 31.2 Å². The van der Waals surface area contributed by atoms with E-state index in [2.05, 4.69) is 10.5 Å². The van der Waals surface area contributed by atoms with Gasteiger partial charge in [0.05, 0.1) is 15.8 Å². The van der Waals surface area contributed by atoms with Gasteiger partial charge in [-0.15, -0.1) is 0 Å². The van der Waals surface area contributed by atoms with Crippen LogP contribution in [0.25, 0.3) is 0 Å². The molecule has 0 spiro atoms. The Kier molecular flexibility index (Phi) is 5.00. The van der Waals surface area contributed by atoms with Crippen LogP contribution >= 0.6 is 23.2 Å². The van der Waals surface area contributed by atoms with Crippen LogP contribution in [-0.2, 0) is 0 Å². The Bertz CT molecular complexity index is 745. The van der Waals surface area contributed by atoms with Gasteiger partial charge in [0, 0.05) is 16.8 Å². The number of nitrogens with zero attached hydrogens (tertiary/aromatic N) is 1. The Morgan fingerprint density at radius 2 is 1.82 bits per heavy atom. The number of nitrogens with two attached hydrogens (primary N) is 1. The van der Waals surface area contributed by atoms with E-state index in [1.807, 2.05) is 0 Å². The Labute approximate surface area is 136 Å². The van der Waals surface area contributed by atoms with Gasteiger partial charge in [0.25, 0.3) is 5.91 Å². The number of hydrogen-bond donors (Lipinski definition) is 2. The van der Waals surface area contributed by atoms with Crippen molar-refractivity contribution in [3.63, 3.8) is 0 Å². The number of nitrogen functional groups attached to an aromatic ring is 1. The molecule has 0 saturated heterocycles. The summed E-state index contributed by atoms with van der Waals surface area (Å²) in [5.41, 5.74) is 9.58. The van der Waals surface area contributed by atoms with E-state index in [4.69, 9.17) is 28.9 Å². The summed E-state index contributed by atoms with van der Waals surface area (Å²) >= 11 is 11.6. The molecule has 0 aliphatic rings. The summed E-state index contributed by atoms with van der Waals surface area (Å²) < 4.78 is 13.5. The third kappa shape index (κ3) is 3.75. The lowest BCUT2D eigenvalue weighted by atomic mass is 10.1. The first-order chi connectivity index (χ1) is 10.4. The SMILES string of the molecule is C/C(=N/NC(=O)c1ccc(N)cc1)c1cc(F)c(Cl)cc1Cl. The standard InChI is InChI=1S/C15H12Cl2FN3O/c1-8(11-6-14(18)13(17)7-12(11)16)20-21-15(22)9-2-4-10(19)5-3-9/h2-7H,19H2,1H3,(H,21,22)/b20-8-. The van der Waals surface area contributed by atoms with Gasteiger partial charge >= 0.3 is 0 Å². The van der Waals surface area contributed by atoms with Gasteiger partial charge in [-0.2, -0.15) is 5.10 Å². The van der Waals surface area contributed by atoms with Crippen molar-refractivity contribution >= 4 is 40.5 Å². The van der Waals surface area contributed by atoms with Gasteiger partial charge < -0.3 is 5.73 Å². The molecular weight excluding hydrogens is 328 g/mol. The Morgan fingerprint density at radius 3 is 2.45 bits per heavy atom. The van der Waals surface area contributed by atoms with Crippen molar-refractivity contribution in [3.8, 4) is 0 Å². The van der Waals surface area contributed by atoms with Crippen LogP contribution < -0.4 is 11.2 Å². The topological polar surface area (TPSA) is 67.5 Å². The van der Waals surface area contributed by atoms with Gasteiger partial charge in [-0.05, 0) is 43.3 Å². The molecule has 0 aliphatic heterocycles. The Morgan fingerprint density at radius 1 is 1.18 bits per heavy atom. The van der Waals surface area contributed by atoms with Crippen molar-refractivity contribution in [1.29, 1.82) is 0 Å². The first kappa shape index (κ1) is 16.3. The van der Waals surface area contributed by atoms with E-state index >= 15 is 0 Å². The Hall–Kier alpha value is -2.11. The number of hydrazone groups is 1. The number of amides is 1. The van der Waals surface area contributed by atoms with E-state index in [0.717, 1.165) is 0 Å². The van der Waals surface area contributed by atoms with Crippen molar-refractivity contribution in [2.75, 3.05) is 5.73 Å². The van der Waals surface area contributed by atoms with Gasteiger partial charge in [-0.25, -0.2) is 9.82 Å². The molecule has 2 rings (SSSR count). The zero-order chi connectivity index (χ0) is 16.3. The Balaban J connectivity index is 2.17. The second-order valence-corrected chi connectivity index (χ2v) is 5.32. The van der Waals surface area contributed by atoms with Crippen LogP contribution in [0, 0.1) is 5.82 Å². The summed E-state index contributed by atoms with van der Waals surface area (Å²) in [6.45, 7) is 1.60. The molecule has 0 bridgehead atoms. The highest BCUT2D eigenvalue weighted by molar-refractivity contribution is 6.37. The van der Waals surface area contributed by atoms with Crippen molar-refractivity contribution in [2.24, 2.45) is 5.10 Å². The maximum absolute atomic E-state index is 13.5. The quantitative estimate of drug-likeness (QED) is 0.385. The van der Waals surface area contributed by atoms with Crippen LogP contribution in [0.1, 0.15) is 22.8 Å². The summed E-state index contributed by atoms with van der Waals surface area (Å²) in [4.78, 5) is 11.9. The predicted molar refractivity (Wildman–Crippen MR) is 87.0 cm³/mol. The molecule has 0 saturated carbocycles. The van der Waals surface area contributed by atoms with Gasteiger partial charge in [-0.1, -0.05) is 23.2 Å². The molecule has 0 fully saturated rings. The first-order valence-corrected chi connectivity index (χ1v) is 6.99. The number of hydrogen-bond acceptors (Lipinski definition) is 3. The minimum Gasteiger partial charge on any atom is -0.399 e. The summed E-state index contributed by atoms with van der Waals surface area (Å²) in [6.07, 6.45) is 0. The molecule has 0 radical (unpaired) electrons. The van der Waals surface area contributed by atoms with Gasteiger partial charge in [-0.3, -0.25) is 4.79 Å². The van der Waals surface area contributed by atoms with Crippen molar-refractivity contribution in [2.45, 2.75) is 6.92 Å². The second-order valence-electron chi connectivity index (χ2n) is 4.51. The maximum Gasteiger partial charge on any atom is 0.271 e. The third-order valence-corrected chi connectivity index (χ3v) is 3.50. The van der Waals surface area contributed by atoms with Gasteiger partial charge in [0.2, 0.25) is 0 Å². The molecule has 22 heavy (non-hydrogen) atoms. The fraction of sp³-hybridized carbons (Fsp3) is 0.0667. The van der Waals surface area contributed by atoms with Crippen molar-refractivity contribution in [3.05, 3.63) is 63.4 Å². The zero-order valence-corrected chi connectivity index (χ0v) is 13.0. The summed E-state index contributed by atoms with van der Waals surface area (Å²) in [5, 5.41) is 4.08. The molecule has 0 unspecified atom stereocenters. The monoisotopic (exact) mass is 339 g/mol. The number of rotatable bonds is 3. The van der Waals surface area contributed by atoms with Gasteiger partial charge in [0.1, 0.15) is 5.82 Å². The summed E-state index contributed by atoms with van der Waals surface area (Å²) in [7, 11) is 0. The molecule has 2 aromatic carbocycles. The lowest BCUT2D eigenvalue weighted by Crippen LogP contribution is -2.19. The third-order valence-electron chi connectivity index (χ3n) is 2.90. The van der Waals surface area contributed by atoms with E-state index in [0.29, 0.717) is 22.5 Å². The first-order valence-electron chi connectivity index (χ1n) is 6.23. The largest absolute Gasteiger partial charge is 0.399 e. The molecule has 0 heterocycles. The van der Waals surface area contributed by atoms with E-state index in [1.165, 1.54) is 12.1 Å². The number of carbonyl (C=O) groups is 1. The molecule has 1 amide bonds. The van der Waals surface area contributed by atoms with Crippen LogP contribution in [-0.4, -0.2) is 11.6 Å². The summed E-state index contributed by atoms with van der Waals surface area (Å²) in [6, 6.07) is 8.82. The minimum atomic E-state index is -0.611. The minimum absolute atomic E-state index is 0.0764. The highest BCUT2D eigenvalue weighted by Crippen LogP contribution is 2.24. The van der Waals surface area contributed by atoms with E-state index < -0.39 is 11.7 Å². The van der Waals surface area contributed by atoms with Crippen LogP contribution in [0.3, 0.4) is 0 Å². The fourth-order valence-electron chi connectivity index (χ4n) is 1.69. The molecule has 4 nitrogen and oxygen atoms in total. The second kappa shape index (κ2) is 6.77. The molecule has 0 aliphatic carbocycles. The number of halogens is 3. The number of anilines is 1. The van der Waals surface area contributed by atoms with E-state index in [-0.39, 0.29) is 10.0 Å². The average molecular weight is 340 g/mol. The molecular formula is C15H12Cl2FN3O. The zero-order valence-electron chi connectivity index (χ0n) is 11.5. The summed E-state index contributed by atoms with van der Waals surface area (Å²) in [5.74, 6) is -1.02. The number of carbonyl (C=O) groups excluding carboxylic acids is 1.